The molecule has 0 bridgehead atoms. The van der Waals surface area contributed by atoms with Gasteiger partial charge < -0.3 is 5.32 Å². The third-order valence-corrected chi connectivity index (χ3v) is 2.76. The van der Waals surface area contributed by atoms with Crippen molar-refractivity contribution in [2.45, 2.75) is 39.3 Å². The number of nitrogens with one attached hydrogen (secondary N) is 1. The Labute approximate surface area is 98.0 Å². The van der Waals surface area contributed by atoms with Crippen LogP contribution in [0.1, 0.15) is 24.2 Å². The molecule has 0 aliphatic heterocycles. The highest BCUT2D eigenvalue weighted by molar-refractivity contribution is 5.76. The van der Waals surface area contributed by atoms with E-state index in [1.54, 1.807) is 13.8 Å². The molecule has 0 unspecified atom stereocenters. The SMILES string of the molecule is Cc1nn(CC(=O)NC2CC2)c(C)c1[N+](=O)[O-]. The second-order valence-corrected chi connectivity index (χ2v) is 4.28. The summed E-state index contributed by atoms with van der Waals surface area (Å²) < 4.78 is 1.38. The van der Waals surface area contributed by atoms with Gasteiger partial charge in [0.05, 0.1) is 4.92 Å². The summed E-state index contributed by atoms with van der Waals surface area (Å²) in [4.78, 5) is 21.9. The maximum absolute atomic E-state index is 11.6. The van der Waals surface area contributed by atoms with Gasteiger partial charge in [0.15, 0.2) is 0 Å². The zero-order valence-corrected chi connectivity index (χ0v) is 9.77. The molecule has 92 valence electrons. The highest BCUT2D eigenvalue weighted by atomic mass is 16.6. The van der Waals surface area contributed by atoms with Gasteiger partial charge in [-0.25, -0.2) is 0 Å². The maximum Gasteiger partial charge on any atom is 0.312 e. The van der Waals surface area contributed by atoms with Crippen LogP contribution in [0.3, 0.4) is 0 Å². The van der Waals surface area contributed by atoms with Gasteiger partial charge in [-0.05, 0) is 26.7 Å². The third-order valence-electron chi connectivity index (χ3n) is 2.76. The zero-order valence-electron chi connectivity index (χ0n) is 9.77. The van der Waals surface area contributed by atoms with Crippen LogP contribution in [0.5, 0.6) is 0 Å². The van der Waals surface area contributed by atoms with E-state index in [2.05, 4.69) is 10.4 Å². The molecule has 1 aliphatic carbocycles. The second-order valence-electron chi connectivity index (χ2n) is 4.28. The van der Waals surface area contributed by atoms with Crippen LogP contribution in [0, 0.1) is 24.0 Å². The molecule has 0 spiro atoms. The van der Waals surface area contributed by atoms with Gasteiger partial charge >= 0.3 is 5.69 Å². The molecule has 7 heteroatoms. The quantitative estimate of drug-likeness (QED) is 0.617. The van der Waals surface area contributed by atoms with Crippen molar-refractivity contribution in [2.75, 3.05) is 0 Å². The van der Waals surface area contributed by atoms with Crippen LogP contribution < -0.4 is 5.32 Å². The minimum absolute atomic E-state index is 0.00998. The Morgan fingerprint density at radius 1 is 1.59 bits per heavy atom. The van der Waals surface area contributed by atoms with E-state index in [0.717, 1.165) is 12.8 Å². The Morgan fingerprint density at radius 2 is 2.24 bits per heavy atom. The van der Waals surface area contributed by atoms with Crippen molar-refractivity contribution in [3.8, 4) is 0 Å². The van der Waals surface area contributed by atoms with Crippen molar-refractivity contribution in [2.24, 2.45) is 0 Å². The maximum atomic E-state index is 11.6. The zero-order chi connectivity index (χ0) is 12.6. The number of nitrogens with zero attached hydrogens (tertiary/aromatic N) is 3. The Balaban J connectivity index is 2.12. The van der Waals surface area contributed by atoms with E-state index in [0.29, 0.717) is 11.4 Å². The van der Waals surface area contributed by atoms with Gasteiger partial charge in [0.25, 0.3) is 0 Å². The van der Waals surface area contributed by atoms with Crippen molar-refractivity contribution in [3.63, 3.8) is 0 Å². The van der Waals surface area contributed by atoms with Crippen LogP contribution >= 0.6 is 0 Å². The van der Waals surface area contributed by atoms with Crippen molar-refractivity contribution in [1.82, 2.24) is 15.1 Å². The average molecular weight is 238 g/mol. The lowest BCUT2D eigenvalue weighted by atomic mass is 10.3. The van der Waals surface area contributed by atoms with Gasteiger partial charge in [-0.3, -0.25) is 19.6 Å². The molecule has 1 N–H and O–H groups in total. The van der Waals surface area contributed by atoms with Crippen molar-refractivity contribution in [1.29, 1.82) is 0 Å². The standard InChI is InChI=1S/C10H14N4O3/c1-6-10(14(16)17)7(2)13(12-6)5-9(15)11-8-3-4-8/h8H,3-5H2,1-2H3,(H,11,15). The van der Waals surface area contributed by atoms with Crippen molar-refractivity contribution >= 4 is 11.6 Å². The number of carbonyl (C=O) groups is 1. The molecular weight excluding hydrogens is 224 g/mol. The Morgan fingerprint density at radius 3 is 2.71 bits per heavy atom. The molecule has 1 saturated carbocycles. The van der Waals surface area contributed by atoms with E-state index >= 15 is 0 Å². The van der Waals surface area contributed by atoms with Gasteiger partial charge in [-0.15, -0.1) is 0 Å². The van der Waals surface area contributed by atoms with Gasteiger partial charge in [-0.2, -0.15) is 5.10 Å². The molecule has 1 fully saturated rings. The summed E-state index contributed by atoms with van der Waals surface area (Å²) in [6.07, 6.45) is 2.03. The minimum atomic E-state index is -0.465. The number of aryl methyl sites for hydroxylation is 1. The van der Waals surface area contributed by atoms with E-state index in [1.807, 2.05) is 0 Å². The lowest BCUT2D eigenvalue weighted by Crippen LogP contribution is -2.30. The number of nitro groups is 1. The summed E-state index contributed by atoms with van der Waals surface area (Å²) in [7, 11) is 0. The lowest BCUT2D eigenvalue weighted by molar-refractivity contribution is -0.386. The largest absolute Gasteiger partial charge is 0.352 e. The Kier molecular flexibility index (Phi) is 2.83. The molecule has 7 nitrogen and oxygen atoms in total. The molecule has 1 amide bonds. The fraction of sp³-hybridized carbons (Fsp3) is 0.600. The molecule has 17 heavy (non-hydrogen) atoms. The molecule has 0 aromatic carbocycles. The summed E-state index contributed by atoms with van der Waals surface area (Å²) in [6.45, 7) is 3.21. The second kappa shape index (κ2) is 4.15. The molecule has 0 atom stereocenters. The molecule has 1 aliphatic rings. The van der Waals surface area contributed by atoms with Gasteiger partial charge in [-0.1, -0.05) is 0 Å². The molecule has 1 aromatic rings. The first kappa shape index (κ1) is 11.6. The van der Waals surface area contributed by atoms with Crippen LogP contribution in [0.4, 0.5) is 5.69 Å². The highest BCUT2D eigenvalue weighted by Crippen LogP contribution is 2.22. The van der Waals surface area contributed by atoms with E-state index in [4.69, 9.17) is 0 Å². The molecule has 0 saturated heterocycles. The first-order valence-corrected chi connectivity index (χ1v) is 5.47. The van der Waals surface area contributed by atoms with Crippen LogP contribution in [0.2, 0.25) is 0 Å². The molecular formula is C10H14N4O3. The Hall–Kier alpha value is -1.92. The fourth-order valence-electron chi connectivity index (χ4n) is 1.74. The average Bonchev–Trinajstić information content (AvgIpc) is 2.95. The van der Waals surface area contributed by atoms with E-state index in [1.165, 1.54) is 4.68 Å². The predicted molar refractivity (Wildman–Crippen MR) is 59.5 cm³/mol. The predicted octanol–water partition coefficient (Wildman–Crippen LogP) is 0.687. The molecule has 1 heterocycles. The number of rotatable bonds is 4. The minimum Gasteiger partial charge on any atom is -0.352 e. The van der Waals surface area contributed by atoms with Crippen molar-refractivity contribution < 1.29 is 9.72 Å². The van der Waals surface area contributed by atoms with E-state index in [-0.39, 0.29) is 24.2 Å². The number of hydrogen-bond acceptors (Lipinski definition) is 4. The number of aromatic nitrogens is 2. The highest BCUT2D eigenvalue weighted by Gasteiger charge is 2.26. The number of carbonyl (C=O) groups excluding carboxylic acids is 1. The Bertz CT molecular complexity index is 476. The summed E-state index contributed by atoms with van der Waals surface area (Å²) in [5, 5.41) is 17.6. The number of amides is 1. The molecule has 0 radical (unpaired) electrons. The number of hydrogen-bond donors (Lipinski definition) is 1. The van der Waals surface area contributed by atoms with E-state index < -0.39 is 4.92 Å². The summed E-state index contributed by atoms with van der Waals surface area (Å²) >= 11 is 0. The van der Waals surface area contributed by atoms with Crippen LogP contribution in [0.15, 0.2) is 0 Å². The summed E-state index contributed by atoms with van der Waals surface area (Å²) in [6, 6.07) is 0.287. The summed E-state index contributed by atoms with van der Waals surface area (Å²) in [5.41, 5.74) is 0.745. The van der Waals surface area contributed by atoms with Crippen molar-refractivity contribution in [3.05, 3.63) is 21.5 Å². The third kappa shape index (κ3) is 2.43. The summed E-state index contributed by atoms with van der Waals surface area (Å²) in [5.74, 6) is -0.145. The van der Waals surface area contributed by atoms with Gasteiger partial charge in [0.2, 0.25) is 5.91 Å². The molecule has 1 aromatic heterocycles. The fourth-order valence-corrected chi connectivity index (χ4v) is 1.74. The monoisotopic (exact) mass is 238 g/mol. The first-order chi connectivity index (χ1) is 7.99. The lowest BCUT2D eigenvalue weighted by Gasteiger charge is -2.04. The van der Waals surface area contributed by atoms with Crippen LogP contribution in [-0.4, -0.2) is 26.7 Å². The van der Waals surface area contributed by atoms with E-state index in [9.17, 15) is 14.9 Å². The van der Waals surface area contributed by atoms with Crippen LogP contribution in [-0.2, 0) is 11.3 Å². The van der Waals surface area contributed by atoms with Crippen LogP contribution in [0.25, 0.3) is 0 Å². The van der Waals surface area contributed by atoms with Gasteiger partial charge in [0, 0.05) is 6.04 Å². The smallest absolute Gasteiger partial charge is 0.312 e. The molecule has 2 rings (SSSR count). The van der Waals surface area contributed by atoms with Gasteiger partial charge in [0.1, 0.15) is 17.9 Å². The normalized spacial score (nSPS) is 14.7. The topological polar surface area (TPSA) is 90.1 Å². The first-order valence-electron chi connectivity index (χ1n) is 5.47.